The number of nitrogens with zero attached hydrogens (tertiary/aromatic N) is 1. The molecule has 1 fully saturated rings. The Hall–Kier alpha value is -1.06. The molecular weight excluding hydrogens is 180 g/mol. The standard InChI is InChI=1S/C10H18N2O2/c1-2-3-4-10(14)12-7-5-9(13)11-6-8-12/h2-8H2,1H3,(H,11,13). The minimum atomic E-state index is 0.0517. The first-order chi connectivity index (χ1) is 6.74. The van der Waals surface area contributed by atoms with Gasteiger partial charge in [0.2, 0.25) is 11.8 Å². The molecule has 2 amide bonds. The van der Waals surface area contributed by atoms with Crippen LogP contribution in [0.3, 0.4) is 0 Å². The first-order valence-corrected chi connectivity index (χ1v) is 5.28. The van der Waals surface area contributed by atoms with E-state index in [-0.39, 0.29) is 11.8 Å². The number of carbonyl (C=O) groups is 2. The van der Waals surface area contributed by atoms with Gasteiger partial charge < -0.3 is 10.2 Å². The summed E-state index contributed by atoms with van der Waals surface area (Å²) in [5, 5.41) is 2.75. The first kappa shape index (κ1) is 11.0. The van der Waals surface area contributed by atoms with Crippen molar-refractivity contribution in [1.82, 2.24) is 10.2 Å². The highest BCUT2D eigenvalue weighted by molar-refractivity contribution is 5.80. The SMILES string of the molecule is CCCCC(=O)N1CCNC(=O)CC1. The van der Waals surface area contributed by atoms with Gasteiger partial charge in [-0.3, -0.25) is 9.59 Å². The van der Waals surface area contributed by atoms with Gasteiger partial charge in [0, 0.05) is 32.5 Å². The summed E-state index contributed by atoms with van der Waals surface area (Å²) >= 11 is 0. The Labute approximate surface area is 84.7 Å². The Balaban J connectivity index is 2.35. The normalized spacial score (nSPS) is 17.5. The lowest BCUT2D eigenvalue weighted by atomic mass is 10.2. The van der Waals surface area contributed by atoms with E-state index in [1.807, 2.05) is 0 Å². The number of rotatable bonds is 3. The van der Waals surface area contributed by atoms with Crippen LogP contribution in [0.25, 0.3) is 0 Å². The van der Waals surface area contributed by atoms with Gasteiger partial charge in [-0.15, -0.1) is 0 Å². The third kappa shape index (κ3) is 3.36. The van der Waals surface area contributed by atoms with Crippen LogP contribution in [0.15, 0.2) is 0 Å². The summed E-state index contributed by atoms with van der Waals surface area (Å²) in [5.41, 5.74) is 0. The fourth-order valence-electron chi connectivity index (χ4n) is 1.50. The molecule has 0 aromatic heterocycles. The van der Waals surface area contributed by atoms with Crippen molar-refractivity contribution in [2.75, 3.05) is 19.6 Å². The number of nitrogens with one attached hydrogen (secondary N) is 1. The van der Waals surface area contributed by atoms with Crippen LogP contribution in [0.5, 0.6) is 0 Å². The van der Waals surface area contributed by atoms with Gasteiger partial charge in [0.15, 0.2) is 0 Å². The number of amides is 2. The zero-order chi connectivity index (χ0) is 10.4. The van der Waals surface area contributed by atoms with Crippen molar-refractivity contribution < 1.29 is 9.59 Å². The highest BCUT2D eigenvalue weighted by atomic mass is 16.2. The van der Waals surface area contributed by atoms with E-state index < -0.39 is 0 Å². The molecular formula is C10H18N2O2. The molecule has 0 unspecified atom stereocenters. The van der Waals surface area contributed by atoms with E-state index in [2.05, 4.69) is 12.2 Å². The first-order valence-electron chi connectivity index (χ1n) is 5.28. The quantitative estimate of drug-likeness (QED) is 0.719. The molecule has 4 heteroatoms. The van der Waals surface area contributed by atoms with Crippen molar-refractivity contribution in [2.45, 2.75) is 32.6 Å². The topological polar surface area (TPSA) is 49.4 Å². The molecule has 0 radical (unpaired) electrons. The van der Waals surface area contributed by atoms with E-state index in [0.717, 1.165) is 12.8 Å². The molecule has 0 bridgehead atoms. The molecule has 0 aromatic carbocycles. The zero-order valence-electron chi connectivity index (χ0n) is 8.71. The molecule has 1 heterocycles. The van der Waals surface area contributed by atoms with Crippen molar-refractivity contribution >= 4 is 11.8 Å². The number of hydrogen-bond donors (Lipinski definition) is 1. The van der Waals surface area contributed by atoms with Crippen molar-refractivity contribution in [3.8, 4) is 0 Å². The van der Waals surface area contributed by atoms with Crippen LogP contribution in [0, 0.1) is 0 Å². The molecule has 1 aliphatic rings. The molecule has 0 saturated carbocycles. The summed E-state index contributed by atoms with van der Waals surface area (Å²) in [6.07, 6.45) is 3.04. The Morgan fingerprint density at radius 3 is 3.00 bits per heavy atom. The highest BCUT2D eigenvalue weighted by Gasteiger charge is 2.17. The minimum Gasteiger partial charge on any atom is -0.354 e. The van der Waals surface area contributed by atoms with Crippen LogP contribution in [0.4, 0.5) is 0 Å². The summed E-state index contributed by atoms with van der Waals surface area (Å²) in [6, 6.07) is 0. The summed E-state index contributed by atoms with van der Waals surface area (Å²) < 4.78 is 0. The van der Waals surface area contributed by atoms with Gasteiger partial charge in [-0.2, -0.15) is 0 Å². The van der Waals surface area contributed by atoms with Crippen LogP contribution in [-0.4, -0.2) is 36.3 Å². The van der Waals surface area contributed by atoms with E-state index in [4.69, 9.17) is 0 Å². The molecule has 1 aliphatic heterocycles. The predicted molar refractivity (Wildman–Crippen MR) is 53.7 cm³/mol. The smallest absolute Gasteiger partial charge is 0.222 e. The van der Waals surface area contributed by atoms with E-state index in [1.165, 1.54) is 0 Å². The maximum atomic E-state index is 11.6. The van der Waals surface area contributed by atoms with Crippen LogP contribution in [0.1, 0.15) is 32.6 Å². The molecule has 4 nitrogen and oxygen atoms in total. The average molecular weight is 198 g/mol. The van der Waals surface area contributed by atoms with Crippen molar-refractivity contribution in [2.24, 2.45) is 0 Å². The molecule has 14 heavy (non-hydrogen) atoms. The third-order valence-corrected chi connectivity index (χ3v) is 2.41. The minimum absolute atomic E-state index is 0.0517. The van der Waals surface area contributed by atoms with Gasteiger partial charge in [-0.1, -0.05) is 13.3 Å². The van der Waals surface area contributed by atoms with E-state index in [9.17, 15) is 9.59 Å². The lowest BCUT2D eigenvalue weighted by molar-refractivity contribution is -0.131. The van der Waals surface area contributed by atoms with Gasteiger partial charge in [0.05, 0.1) is 0 Å². The second-order valence-corrected chi connectivity index (χ2v) is 3.58. The fraction of sp³-hybridized carbons (Fsp3) is 0.800. The molecule has 0 aromatic rings. The van der Waals surface area contributed by atoms with Crippen molar-refractivity contribution in [3.63, 3.8) is 0 Å². The van der Waals surface area contributed by atoms with E-state index >= 15 is 0 Å². The van der Waals surface area contributed by atoms with Gasteiger partial charge in [0.25, 0.3) is 0 Å². The van der Waals surface area contributed by atoms with Crippen LogP contribution in [-0.2, 0) is 9.59 Å². The highest BCUT2D eigenvalue weighted by Crippen LogP contribution is 2.03. The number of unbranched alkanes of at least 4 members (excludes halogenated alkanes) is 1. The summed E-state index contributed by atoms with van der Waals surface area (Å²) in [7, 11) is 0. The van der Waals surface area contributed by atoms with Gasteiger partial charge >= 0.3 is 0 Å². The number of carbonyl (C=O) groups excluding carboxylic acids is 2. The Bertz CT molecular complexity index is 216. The van der Waals surface area contributed by atoms with Gasteiger partial charge in [-0.05, 0) is 6.42 Å². The Morgan fingerprint density at radius 1 is 1.50 bits per heavy atom. The average Bonchev–Trinajstić information content (AvgIpc) is 2.39. The molecule has 1 N–H and O–H groups in total. The lowest BCUT2D eigenvalue weighted by Crippen LogP contribution is -2.33. The third-order valence-electron chi connectivity index (χ3n) is 2.41. The Kier molecular flexibility index (Phi) is 4.43. The zero-order valence-corrected chi connectivity index (χ0v) is 8.71. The van der Waals surface area contributed by atoms with Gasteiger partial charge in [0.1, 0.15) is 0 Å². The fourth-order valence-corrected chi connectivity index (χ4v) is 1.50. The maximum absolute atomic E-state index is 11.6. The molecule has 1 saturated heterocycles. The lowest BCUT2D eigenvalue weighted by Gasteiger charge is -2.19. The predicted octanol–water partition coefficient (Wildman–Crippen LogP) is 0.525. The van der Waals surface area contributed by atoms with E-state index in [0.29, 0.717) is 32.5 Å². The summed E-state index contributed by atoms with van der Waals surface area (Å²) in [6.45, 7) is 3.90. The summed E-state index contributed by atoms with van der Waals surface area (Å²) in [4.78, 5) is 24.4. The molecule has 80 valence electrons. The van der Waals surface area contributed by atoms with E-state index in [1.54, 1.807) is 4.90 Å². The van der Waals surface area contributed by atoms with Crippen molar-refractivity contribution in [3.05, 3.63) is 0 Å². The van der Waals surface area contributed by atoms with Crippen LogP contribution >= 0.6 is 0 Å². The number of hydrogen-bond acceptors (Lipinski definition) is 2. The molecule has 1 rings (SSSR count). The largest absolute Gasteiger partial charge is 0.354 e. The molecule has 0 aliphatic carbocycles. The monoisotopic (exact) mass is 198 g/mol. The van der Waals surface area contributed by atoms with Gasteiger partial charge in [-0.25, -0.2) is 0 Å². The van der Waals surface area contributed by atoms with Crippen molar-refractivity contribution in [1.29, 1.82) is 0 Å². The maximum Gasteiger partial charge on any atom is 0.222 e. The summed E-state index contributed by atoms with van der Waals surface area (Å²) in [5.74, 6) is 0.235. The second-order valence-electron chi connectivity index (χ2n) is 3.58. The second kappa shape index (κ2) is 5.62. The molecule has 0 spiro atoms. The van der Waals surface area contributed by atoms with Crippen LogP contribution in [0.2, 0.25) is 0 Å². The van der Waals surface area contributed by atoms with Crippen LogP contribution < -0.4 is 5.32 Å². The Morgan fingerprint density at radius 2 is 2.29 bits per heavy atom. The molecule has 0 atom stereocenters.